The summed E-state index contributed by atoms with van der Waals surface area (Å²) < 4.78 is 8.03. The number of nitrogens with one attached hydrogen (secondary N) is 1. The van der Waals surface area contributed by atoms with E-state index in [1.165, 1.54) is 16.7 Å². The van der Waals surface area contributed by atoms with Gasteiger partial charge in [0.05, 0.1) is 18.3 Å². The van der Waals surface area contributed by atoms with Crippen LogP contribution in [0.1, 0.15) is 48.1 Å². The number of aliphatic carboxylic acids is 1. The first-order valence-corrected chi connectivity index (χ1v) is 14.0. The molecule has 1 heterocycles. The Morgan fingerprint density at radius 2 is 1.67 bits per heavy atom. The predicted octanol–water partition coefficient (Wildman–Crippen LogP) is 7.87. The van der Waals surface area contributed by atoms with Gasteiger partial charge in [0.25, 0.3) is 0 Å². The molecule has 0 spiro atoms. The number of aromatic nitrogens is 1. The molecule has 1 aromatic heterocycles. The molecular weight excluding hydrogens is 524 g/mol. The van der Waals surface area contributed by atoms with Crippen molar-refractivity contribution in [3.05, 3.63) is 138 Å². The number of rotatable bonds is 11. The number of allylic oxidation sites excluding steroid dienone is 1. The lowest BCUT2D eigenvalue weighted by atomic mass is 9.97. The summed E-state index contributed by atoms with van der Waals surface area (Å²) in [6, 6.07) is 34.7. The highest BCUT2D eigenvalue weighted by atomic mass is 16.5. The van der Waals surface area contributed by atoms with Crippen molar-refractivity contribution in [2.75, 3.05) is 11.9 Å². The van der Waals surface area contributed by atoms with Crippen LogP contribution in [0.25, 0.3) is 16.5 Å². The number of hydrogen-bond acceptors (Lipinski definition) is 3. The van der Waals surface area contributed by atoms with Crippen molar-refractivity contribution in [3.8, 4) is 5.75 Å². The number of anilines is 1. The van der Waals surface area contributed by atoms with Crippen LogP contribution in [0.2, 0.25) is 0 Å². The molecule has 5 aromatic rings. The molecule has 0 aliphatic rings. The van der Waals surface area contributed by atoms with Gasteiger partial charge in [0.2, 0.25) is 5.91 Å². The summed E-state index contributed by atoms with van der Waals surface area (Å²) in [4.78, 5) is 23.7. The van der Waals surface area contributed by atoms with E-state index in [0.717, 1.165) is 22.0 Å². The zero-order valence-electron chi connectivity index (χ0n) is 23.8. The Hall–Kier alpha value is -5.10. The lowest BCUT2D eigenvalue weighted by Gasteiger charge is -2.22. The molecule has 0 aliphatic heterocycles. The monoisotopic (exact) mass is 558 g/mol. The van der Waals surface area contributed by atoms with E-state index in [4.69, 9.17) is 9.84 Å². The van der Waals surface area contributed by atoms with Crippen molar-refractivity contribution >= 4 is 34.0 Å². The molecule has 6 heteroatoms. The number of nitrogens with zero attached hydrogens (tertiary/aromatic N) is 1. The summed E-state index contributed by atoms with van der Waals surface area (Å²) in [5.41, 5.74) is 7.10. The zero-order valence-corrected chi connectivity index (χ0v) is 23.8. The molecule has 212 valence electrons. The molecule has 0 radical (unpaired) electrons. The molecule has 4 aromatic carbocycles. The van der Waals surface area contributed by atoms with Gasteiger partial charge in [-0.15, -0.1) is 0 Å². The molecule has 0 saturated carbocycles. The topological polar surface area (TPSA) is 80.6 Å². The van der Waals surface area contributed by atoms with E-state index >= 15 is 0 Å². The number of carboxylic acid groups (broad SMARTS) is 1. The first-order valence-electron chi connectivity index (χ1n) is 14.0. The van der Waals surface area contributed by atoms with Crippen LogP contribution in [0.3, 0.4) is 0 Å². The summed E-state index contributed by atoms with van der Waals surface area (Å²) in [6.45, 7) is 4.29. The largest absolute Gasteiger partial charge is 0.491 e. The maximum atomic E-state index is 12.9. The standard InChI is InChI=1S/C36H34N2O4/c1-25-10-8-13-30(22-25)36(27-11-4-3-5-12-27)38-20-19-29-24-28(17-18-32(29)38)26(2)23-34(39)37-31-14-6-7-15-33(31)42-21-9-16-35(40)41/h3-8,10-15,17-20,22-24,36H,9,16,21H2,1-2H3,(H,37,39)(H,40,41)/b26-23+. The highest BCUT2D eigenvalue weighted by Crippen LogP contribution is 2.32. The third-order valence-corrected chi connectivity index (χ3v) is 7.21. The van der Waals surface area contributed by atoms with Crippen LogP contribution >= 0.6 is 0 Å². The molecule has 1 amide bonds. The third kappa shape index (κ3) is 6.78. The minimum Gasteiger partial charge on any atom is -0.491 e. The normalized spacial score (nSPS) is 12.2. The Morgan fingerprint density at radius 3 is 2.45 bits per heavy atom. The number of hydrogen-bond donors (Lipinski definition) is 2. The van der Waals surface area contributed by atoms with Crippen LogP contribution in [0.4, 0.5) is 5.69 Å². The summed E-state index contributed by atoms with van der Waals surface area (Å²) in [6.07, 6.45) is 4.13. The maximum absolute atomic E-state index is 12.9. The van der Waals surface area contributed by atoms with Crippen LogP contribution < -0.4 is 10.1 Å². The Bertz CT molecular complexity index is 1740. The number of para-hydroxylation sites is 2. The van der Waals surface area contributed by atoms with Gasteiger partial charge in [0.1, 0.15) is 5.75 Å². The first-order chi connectivity index (χ1) is 20.4. The van der Waals surface area contributed by atoms with Crippen molar-refractivity contribution < 1.29 is 19.4 Å². The van der Waals surface area contributed by atoms with Crippen LogP contribution in [-0.4, -0.2) is 28.2 Å². The van der Waals surface area contributed by atoms with Gasteiger partial charge in [-0.25, -0.2) is 0 Å². The maximum Gasteiger partial charge on any atom is 0.303 e. The number of ether oxygens (including phenoxy) is 1. The molecule has 0 aliphatic carbocycles. The molecule has 1 unspecified atom stereocenters. The lowest BCUT2D eigenvalue weighted by Crippen LogP contribution is -2.11. The number of benzene rings is 4. The van der Waals surface area contributed by atoms with Crippen LogP contribution in [0, 0.1) is 6.92 Å². The van der Waals surface area contributed by atoms with Gasteiger partial charge in [-0.05, 0) is 72.9 Å². The van der Waals surface area contributed by atoms with Crippen LogP contribution in [-0.2, 0) is 9.59 Å². The number of fused-ring (bicyclic) bond motifs is 1. The fourth-order valence-electron chi connectivity index (χ4n) is 5.17. The van der Waals surface area contributed by atoms with E-state index in [1.54, 1.807) is 18.2 Å². The van der Waals surface area contributed by atoms with Gasteiger partial charge in [-0.1, -0.05) is 78.4 Å². The molecular formula is C36H34N2O4. The van der Waals surface area contributed by atoms with E-state index < -0.39 is 5.97 Å². The fraction of sp³-hybridized carbons (Fsp3) is 0.167. The molecule has 6 nitrogen and oxygen atoms in total. The lowest BCUT2D eigenvalue weighted by molar-refractivity contribution is -0.137. The molecule has 0 bridgehead atoms. The second-order valence-electron chi connectivity index (χ2n) is 10.4. The van der Waals surface area contributed by atoms with E-state index in [-0.39, 0.29) is 25.0 Å². The summed E-state index contributed by atoms with van der Waals surface area (Å²) >= 11 is 0. The Balaban J connectivity index is 1.37. The Morgan fingerprint density at radius 1 is 0.905 bits per heavy atom. The molecule has 1 atom stereocenters. The number of carboxylic acids is 1. The highest BCUT2D eigenvalue weighted by molar-refractivity contribution is 6.05. The molecule has 0 fully saturated rings. The van der Waals surface area contributed by atoms with Crippen molar-refractivity contribution in [1.29, 1.82) is 0 Å². The van der Waals surface area contributed by atoms with Crippen molar-refractivity contribution in [2.45, 2.75) is 32.7 Å². The fourth-order valence-corrected chi connectivity index (χ4v) is 5.17. The average Bonchev–Trinajstić information content (AvgIpc) is 3.39. The number of carbonyl (C=O) groups is 2. The van der Waals surface area contributed by atoms with Gasteiger partial charge in [-0.3, -0.25) is 9.59 Å². The highest BCUT2D eigenvalue weighted by Gasteiger charge is 2.18. The Labute approximate surface area is 245 Å². The summed E-state index contributed by atoms with van der Waals surface area (Å²) in [7, 11) is 0. The van der Waals surface area contributed by atoms with Crippen LogP contribution in [0.15, 0.2) is 115 Å². The van der Waals surface area contributed by atoms with E-state index in [9.17, 15) is 9.59 Å². The zero-order chi connectivity index (χ0) is 29.5. The van der Waals surface area contributed by atoms with E-state index in [2.05, 4.69) is 95.8 Å². The summed E-state index contributed by atoms with van der Waals surface area (Å²) in [5.74, 6) is -0.625. The van der Waals surface area contributed by atoms with Crippen molar-refractivity contribution in [3.63, 3.8) is 0 Å². The van der Waals surface area contributed by atoms with Gasteiger partial charge in [-0.2, -0.15) is 0 Å². The average molecular weight is 559 g/mol. The number of aryl methyl sites for hydroxylation is 1. The van der Waals surface area contributed by atoms with E-state index in [0.29, 0.717) is 17.9 Å². The smallest absolute Gasteiger partial charge is 0.303 e. The van der Waals surface area contributed by atoms with Crippen molar-refractivity contribution in [1.82, 2.24) is 4.57 Å². The SMILES string of the molecule is C/C(=C\C(=O)Nc1ccccc1OCCCC(=O)O)c1ccc2c(ccn2C(c2ccccc2)c2cccc(C)c2)c1. The van der Waals surface area contributed by atoms with Gasteiger partial charge >= 0.3 is 5.97 Å². The molecule has 5 rings (SSSR count). The Kier molecular flexibility index (Phi) is 8.83. The molecule has 42 heavy (non-hydrogen) atoms. The quantitative estimate of drug-likeness (QED) is 0.128. The summed E-state index contributed by atoms with van der Waals surface area (Å²) in [5, 5.41) is 12.8. The number of carbonyl (C=O) groups excluding carboxylic acids is 1. The van der Waals surface area contributed by atoms with E-state index in [1.807, 2.05) is 25.1 Å². The second-order valence-corrected chi connectivity index (χ2v) is 10.4. The van der Waals surface area contributed by atoms with Crippen LogP contribution in [0.5, 0.6) is 5.75 Å². The number of amides is 1. The second kappa shape index (κ2) is 13.0. The van der Waals surface area contributed by atoms with Gasteiger partial charge < -0.3 is 19.7 Å². The minimum atomic E-state index is -0.863. The van der Waals surface area contributed by atoms with Crippen molar-refractivity contribution in [2.24, 2.45) is 0 Å². The molecule has 0 saturated heterocycles. The minimum absolute atomic E-state index is 0.0308. The first kappa shape index (κ1) is 28.4. The van der Waals surface area contributed by atoms with Gasteiger partial charge in [0.15, 0.2) is 0 Å². The predicted molar refractivity (Wildman–Crippen MR) is 168 cm³/mol. The molecule has 2 N–H and O–H groups in total. The van der Waals surface area contributed by atoms with Gasteiger partial charge in [0, 0.05) is 29.6 Å². The third-order valence-electron chi connectivity index (χ3n) is 7.21.